The number of nitrogens with zero attached hydrogens (tertiary/aromatic N) is 4. The van der Waals surface area contributed by atoms with Gasteiger partial charge in [-0.3, -0.25) is 9.48 Å². The van der Waals surface area contributed by atoms with Crippen molar-refractivity contribution in [1.82, 2.24) is 19.6 Å². The maximum absolute atomic E-state index is 13.0. The number of hydrogen-bond acceptors (Lipinski definition) is 4. The van der Waals surface area contributed by atoms with E-state index in [4.69, 9.17) is 16.3 Å². The molecule has 4 aromatic rings. The van der Waals surface area contributed by atoms with Crippen LogP contribution in [-0.2, 0) is 13.3 Å². The molecule has 0 radical (unpaired) electrons. The first-order valence-electron chi connectivity index (χ1n) is 9.88. The Morgan fingerprint density at radius 3 is 2.56 bits per heavy atom. The van der Waals surface area contributed by atoms with Crippen LogP contribution >= 0.6 is 11.6 Å². The van der Waals surface area contributed by atoms with E-state index in [1.807, 2.05) is 26.0 Å². The predicted octanol–water partition coefficient (Wildman–Crippen LogP) is 4.83. The maximum atomic E-state index is 13.0. The van der Waals surface area contributed by atoms with Gasteiger partial charge in [0.15, 0.2) is 12.4 Å². The molecule has 0 unspecified atom stereocenters. The minimum atomic E-state index is -0.358. The van der Waals surface area contributed by atoms with E-state index in [9.17, 15) is 9.18 Å². The summed E-state index contributed by atoms with van der Waals surface area (Å²) in [7, 11) is 0. The Labute approximate surface area is 189 Å². The Morgan fingerprint density at radius 2 is 1.84 bits per heavy atom. The highest BCUT2D eigenvalue weighted by Crippen LogP contribution is 2.26. The number of carbonyl (C=O) groups excluding carboxylic acids is 1. The number of amides is 1. The number of aromatic nitrogens is 4. The molecule has 0 bridgehead atoms. The number of aryl methyl sites for hydroxylation is 2. The first-order chi connectivity index (χ1) is 15.4. The average molecular weight is 454 g/mol. The van der Waals surface area contributed by atoms with Crippen LogP contribution in [-0.4, -0.2) is 25.5 Å². The highest BCUT2D eigenvalue weighted by atomic mass is 35.5. The van der Waals surface area contributed by atoms with Crippen LogP contribution in [0.2, 0.25) is 5.02 Å². The highest BCUT2D eigenvalue weighted by molar-refractivity contribution is 6.32. The van der Waals surface area contributed by atoms with E-state index in [1.165, 1.54) is 16.8 Å². The van der Waals surface area contributed by atoms with E-state index < -0.39 is 0 Å². The first-order valence-corrected chi connectivity index (χ1v) is 10.3. The fraction of sp³-hybridized carbons (Fsp3) is 0.174. The van der Waals surface area contributed by atoms with Crippen LogP contribution in [0.15, 0.2) is 61.1 Å². The van der Waals surface area contributed by atoms with Crippen LogP contribution in [0.1, 0.15) is 27.2 Å². The normalized spacial score (nSPS) is 10.9. The van der Waals surface area contributed by atoms with E-state index in [0.717, 1.165) is 21.7 Å². The summed E-state index contributed by atoms with van der Waals surface area (Å²) < 4.78 is 22.0. The smallest absolute Gasteiger partial charge is 0.276 e. The molecule has 9 heteroatoms. The van der Waals surface area contributed by atoms with E-state index >= 15 is 0 Å². The third kappa shape index (κ3) is 5.15. The summed E-state index contributed by atoms with van der Waals surface area (Å²) >= 11 is 6.18. The van der Waals surface area contributed by atoms with Crippen molar-refractivity contribution in [1.29, 1.82) is 0 Å². The Hall–Kier alpha value is -3.65. The molecule has 2 aromatic carbocycles. The van der Waals surface area contributed by atoms with Crippen molar-refractivity contribution in [3.8, 4) is 5.75 Å². The van der Waals surface area contributed by atoms with Crippen LogP contribution in [0.3, 0.4) is 0 Å². The van der Waals surface area contributed by atoms with Gasteiger partial charge in [0.1, 0.15) is 11.6 Å². The van der Waals surface area contributed by atoms with Crippen LogP contribution in [0.5, 0.6) is 5.75 Å². The Kier molecular flexibility index (Phi) is 6.23. The lowest BCUT2D eigenvalue weighted by atomic mass is 10.1. The molecule has 0 fully saturated rings. The van der Waals surface area contributed by atoms with Crippen molar-refractivity contribution in [3.63, 3.8) is 0 Å². The number of ether oxygens (including phenoxy) is 1. The van der Waals surface area contributed by atoms with Gasteiger partial charge in [-0.15, -0.1) is 0 Å². The lowest BCUT2D eigenvalue weighted by Gasteiger charge is -2.10. The third-order valence-corrected chi connectivity index (χ3v) is 5.39. The largest absolute Gasteiger partial charge is 0.471 e. The molecule has 0 aliphatic heterocycles. The van der Waals surface area contributed by atoms with Crippen molar-refractivity contribution < 1.29 is 13.9 Å². The van der Waals surface area contributed by atoms with Crippen molar-refractivity contribution in [2.75, 3.05) is 5.32 Å². The number of nitrogens with one attached hydrogen (secondary N) is 1. The zero-order valence-electron chi connectivity index (χ0n) is 17.5. The van der Waals surface area contributed by atoms with Crippen LogP contribution in [0, 0.1) is 19.7 Å². The number of benzene rings is 2. The minimum Gasteiger partial charge on any atom is -0.471 e. The van der Waals surface area contributed by atoms with Crippen LogP contribution < -0.4 is 10.1 Å². The zero-order chi connectivity index (χ0) is 22.7. The summed E-state index contributed by atoms with van der Waals surface area (Å²) in [6.45, 7) is 4.45. The van der Waals surface area contributed by atoms with E-state index in [1.54, 1.807) is 41.5 Å². The Morgan fingerprint density at radius 1 is 1.12 bits per heavy atom. The lowest BCUT2D eigenvalue weighted by Crippen LogP contribution is -2.14. The summed E-state index contributed by atoms with van der Waals surface area (Å²) in [6.07, 6.45) is 4.92. The average Bonchev–Trinajstić information content (AvgIpc) is 3.41. The minimum absolute atomic E-state index is 0.156. The topological polar surface area (TPSA) is 74.0 Å². The number of carbonyl (C=O) groups is 1. The molecule has 4 rings (SSSR count). The van der Waals surface area contributed by atoms with Gasteiger partial charge < -0.3 is 10.1 Å². The van der Waals surface area contributed by atoms with Gasteiger partial charge in [-0.25, -0.2) is 9.07 Å². The Balaban J connectivity index is 1.34. The van der Waals surface area contributed by atoms with Gasteiger partial charge in [0, 0.05) is 17.4 Å². The van der Waals surface area contributed by atoms with E-state index in [0.29, 0.717) is 18.0 Å². The summed E-state index contributed by atoms with van der Waals surface area (Å²) in [4.78, 5) is 12.5. The summed E-state index contributed by atoms with van der Waals surface area (Å²) in [6, 6.07) is 11.5. The van der Waals surface area contributed by atoms with Gasteiger partial charge in [-0.05, 0) is 60.9 Å². The van der Waals surface area contributed by atoms with E-state index in [-0.39, 0.29) is 24.1 Å². The number of anilines is 1. The van der Waals surface area contributed by atoms with Crippen molar-refractivity contribution >= 4 is 23.2 Å². The SMILES string of the molecule is Cc1cc(OCn2ccc(C(=O)Nc3cnn(Cc4ccc(F)cc4)c3)n2)cc(C)c1Cl. The molecule has 0 aliphatic carbocycles. The molecule has 164 valence electrons. The quantitative estimate of drug-likeness (QED) is 0.435. The monoisotopic (exact) mass is 453 g/mol. The fourth-order valence-electron chi connectivity index (χ4n) is 3.17. The third-order valence-electron chi connectivity index (χ3n) is 4.80. The summed E-state index contributed by atoms with van der Waals surface area (Å²) in [5, 5.41) is 12.0. The van der Waals surface area contributed by atoms with Crippen LogP contribution in [0.25, 0.3) is 0 Å². The first kappa shape index (κ1) is 21.6. The molecular formula is C23H21ClFN5O2. The second kappa shape index (κ2) is 9.23. The van der Waals surface area contributed by atoms with Gasteiger partial charge in [-0.1, -0.05) is 23.7 Å². The number of rotatable bonds is 7. The fourth-order valence-corrected chi connectivity index (χ4v) is 3.28. The van der Waals surface area contributed by atoms with Gasteiger partial charge >= 0.3 is 0 Å². The molecule has 0 saturated carbocycles. The molecule has 0 aliphatic rings. The molecule has 1 amide bonds. The van der Waals surface area contributed by atoms with Gasteiger partial charge in [0.05, 0.1) is 18.4 Å². The van der Waals surface area contributed by atoms with Crippen LogP contribution in [0.4, 0.5) is 10.1 Å². The molecule has 1 N–H and O–H groups in total. The molecule has 2 aromatic heterocycles. The maximum Gasteiger partial charge on any atom is 0.276 e. The lowest BCUT2D eigenvalue weighted by molar-refractivity contribution is 0.102. The molecular weight excluding hydrogens is 433 g/mol. The molecule has 7 nitrogen and oxygen atoms in total. The molecule has 0 saturated heterocycles. The predicted molar refractivity (Wildman–Crippen MR) is 119 cm³/mol. The molecule has 0 spiro atoms. The molecule has 32 heavy (non-hydrogen) atoms. The second-order valence-electron chi connectivity index (χ2n) is 7.39. The number of halogens is 2. The number of hydrogen-bond donors (Lipinski definition) is 1. The summed E-state index contributed by atoms with van der Waals surface area (Å²) in [5.74, 6) is 0.0353. The molecule has 2 heterocycles. The van der Waals surface area contributed by atoms with Gasteiger partial charge in [-0.2, -0.15) is 10.2 Å². The van der Waals surface area contributed by atoms with Crippen molar-refractivity contribution in [2.24, 2.45) is 0 Å². The van der Waals surface area contributed by atoms with Gasteiger partial charge in [0.25, 0.3) is 5.91 Å². The van der Waals surface area contributed by atoms with Crippen molar-refractivity contribution in [3.05, 3.63) is 94.3 Å². The summed E-state index contributed by atoms with van der Waals surface area (Å²) in [5.41, 5.74) is 3.56. The van der Waals surface area contributed by atoms with Crippen molar-refractivity contribution in [2.45, 2.75) is 27.1 Å². The zero-order valence-corrected chi connectivity index (χ0v) is 18.3. The van der Waals surface area contributed by atoms with E-state index in [2.05, 4.69) is 15.5 Å². The highest BCUT2D eigenvalue weighted by Gasteiger charge is 2.12. The Bertz CT molecular complexity index is 1230. The second-order valence-corrected chi connectivity index (χ2v) is 7.77. The molecule has 0 atom stereocenters. The van der Waals surface area contributed by atoms with Gasteiger partial charge in [0.2, 0.25) is 0 Å². The standard InChI is InChI=1S/C23H21ClFN5O2/c1-15-9-20(10-16(2)22(15)24)32-14-29-8-7-21(28-29)23(31)27-19-11-26-30(13-19)12-17-3-5-18(25)6-4-17/h3-11,13H,12,14H2,1-2H3,(H,27,31).